The molecule has 0 bridgehead atoms. The Balaban J connectivity index is 1.56. The highest BCUT2D eigenvalue weighted by molar-refractivity contribution is 5.91. The normalized spacial score (nSPS) is 41.9. The van der Waals surface area contributed by atoms with E-state index in [1.54, 1.807) is 19.9 Å². The van der Waals surface area contributed by atoms with Crippen LogP contribution in [-0.4, -0.2) is 47.7 Å². The summed E-state index contributed by atoms with van der Waals surface area (Å²) in [6, 6.07) is -0.380. The van der Waals surface area contributed by atoms with E-state index in [9.17, 15) is 19.2 Å². The number of hydrogen-bond acceptors (Lipinski definition) is 7. The molecule has 4 aliphatic rings. The van der Waals surface area contributed by atoms with E-state index in [0.717, 1.165) is 0 Å². The summed E-state index contributed by atoms with van der Waals surface area (Å²) in [6.07, 6.45) is 3.12. The number of rotatable bonds is 2. The van der Waals surface area contributed by atoms with Crippen molar-refractivity contribution in [2.24, 2.45) is 17.8 Å². The monoisotopic (exact) mass is 419 g/mol. The minimum Gasteiger partial charge on any atom is -0.460 e. The second-order valence-corrected chi connectivity index (χ2v) is 8.96. The molecule has 0 aromatic rings. The molecule has 0 aromatic heterocycles. The van der Waals surface area contributed by atoms with Crippen LogP contribution in [0.2, 0.25) is 0 Å². The van der Waals surface area contributed by atoms with Crippen molar-refractivity contribution in [3.63, 3.8) is 0 Å². The molecule has 8 nitrogen and oxygen atoms in total. The molecule has 30 heavy (non-hydrogen) atoms. The minimum atomic E-state index is -1.22. The fourth-order valence-corrected chi connectivity index (χ4v) is 5.34. The van der Waals surface area contributed by atoms with Gasteiger partial charge in [-0.05, 0) is 38.7 Å². The molecule has 4 heterocycles. The van der Waals surface area contributed by atoms with E-state index >= 15 is 0 Å². The van der Waals surface area contributed by atoms with Crippen LogP contribution in [0.1, 0.15) is 59.3 Å². The van der Waals surface area contributed by atoms with Crippen LogP contribution in [0.25, 0.3) is 0 Å². The highest BCUT2D eigenvalue weighted by Gasteiger charge is 2.60. The van der Waals surface area contributed by atoms with E-state index in [2.05, 4.69) is 5.32 Å². The standard InChI is InChI=1S/C22H29NO7/c1-4-13-19-15(24)6-5-14(17-9-11(2)20(26)28-17)23-18(25)8-7-16(19)29-22(13)10-12(3)21(27)30-22/h10-11,13-14,16-17,19H,4-9H2,1-3H3,(H,23,25). The Bertz CT molecular complexity index is 805. The Kier molecular flexibility index (Phi) is 5.46. The summed E-state index contributed by atoms with van der Waals surface area (Å²) in [6.45, 7) is 5.43. The van der Waals surface area contributed by atoms with Gasteiger partial charge in [-0.3, -0.25) is 14.4 Å². The van der Waals surface area contributed by atoms with Gasteiger partial charge in [-0.15, -0.1) is 0 Å². The molecule has 164 valence electrons. The van der Waals surface area contributed by atoms with E-state index in [4.69, 9.17) is 14.2 Å². The molecule has 0 aliphatic carbocycles. The summed E-state index contributed by atoms with van der Waals surface area (Å²) < 4.78 is 17.2. The van der Waals surface area contributed by atoms with Crippen LogP contribution in [0.5, 0.6) is 0 Å². The van der Waals surface area contributed by atoms with Gasteiger partial charge in [0.15, 0.2) is 0 Å². The molecule has 7 unspecified atom stereocenters. The first-order valence-corrected chi connectivity index (χ1v) is 10.9. The van der Waals surface area contributed by atoms with Crippen molar-refractivity contribution < 1.29 is 33.4 Å². The topological polar surface area (TPSA) is 108 Å². The number of cyclic esters (lactones) is 1. The largest absolute Gasteiger partial charge is 0.460 e. The van der Waals surface area contributed by atoms with Crippen molar-refractivity contribution in [1.29, 1.82) is 0 Å². The summed E-state index contributed by atoms with van der Waals surface area (Å²) in [5.74, 6) is -2.97. The van der Waals surface area contributed by atoms with Gasteiger partial charge in [-0.25, -0.2) is 4.79 Å². The average Bonchev–Trinajstić information content (AvgIpc) is 3.29. The van der Waals surface area contributed by atoms with E-state index in [-0.39, 0.29) is 48.4 Å². The van der Waals surface area contributed by atoms with Gasteiger partial charge >= 0.3 is 11.9 Å². The maximum Gasteiger partial charge on any atom is 0.336 e. The van der Waals surface area contributed by atoms with Crippen LogP contribution in [0.4, 0.5) is 0 Å². The third-order valence-corrected chi connectivity index (χ3v) is 6.90. The first-order valence-electron chi connectivity index (χ1n) is 10.9. The van der Waals surface area contributed by atoms with Crippen molar-refractivity contribution in [1.82, 2.24) is 5.32 Å². The molecule has 0 radical (unpaired) electrons. The molecular formula is C22H29NO7. The fourth-order valence-electron chi connectivity index (χ4n) is 5.34. The van der Waals surface area contributed by atoms with Crippen molar-refractivity contribution >= 4 is 23.6 Å². The summed E-state index contributed by atoms with van der Waals surface area (Å²) >= 11 is 0. The quantitative estimate of drug-likeness (QED) is 0.680. The smallest absolute Gasteiger partial charge is 0.336 e. The van der Waals surface area contributed by atoms with E-state index < -0.39 is 29.9 Å². The number of carbonyl (C=O) groups is 4. The van der Waals surface area contributed by atoms with Gasteiger partial charge in [0.2, 0.25) is 11.7 Å². The zero-order valence-electron chi connectivity index (χ0n) is 17.6. The SMILES string of the molecule is CCC1C2C(=O)CCC(C3CC(C)C(=O)O3)NC(=O)CCC2OC12C=C(C)C(=O)O2. The van der Waals surface area contributed by atoms with Crippen molar-refractivity contribution in [3.05, 3.63) is 11.6 Å². The zero-order valence-corrected chi connectivity index (χ0v) is 17.6. The van der Waals surface area contributed by atoms with Crippen molar-refractivity contribution in [2.75, 3.05) is 0 Å². The average molecular weight is 419 g/mol. The van der Waals surface area contributed by atoms with Gasteiger partial charge in [-0.1, -0.05) is 13.8 Å². The van der Waals surface area contributed by atoms with Crippen LogP contribution in [-0.2, 0) is 33.4 Å². The lowest BCUT2D eigenvalue weighted by molar-refractivity contribution is -0.204. The summed E-state index contributed by atoms with van der Waals surface area (Å²) in [7, 11) is 0. The lowest BCUT2D eigenvalue weighted by atomic mass is 9.77. The minimum absolute atomic E-state index is 0.0382. The van der Waals surface area contributed by atoms with Crippen molar-refractivity contribution in [3.8, 4) is 0 Å². The summed E-state index contributed by atoms with van der Waals surface area (Å²) in [5.41, 5.74) is 0.472. The van der Waals surface area contributed by atoms with E-state index in [1.165, 1.54) is 0 Å². The van der Waals surface area contributed by atoms with E-state index in [1.807, 2.05) is 6.92 Å². The number of carbonyl (C=O) groups excluding carboxylic acids is 4. The lowest BCUT2D eigenvalue weighted by Gasteiger charge is -2.29. The number of ether oxygens (including phenoxy) is 3. The number of hydrogen-bond donors (Lipinski definition) is 1. The van der Waals surface area contributed by atoms with Gasteiger partial charge in [0, 0.05) is 24.3 Å². The molecule has 1 amide bonds. The molecule has 1 spiro atoms. The Morgan fingerprint density at radius 3 is 2.50 bits per heavy atom. The van der Waals surface area contributed by atoms with Crippen LogP contribution in [0, 0.1) is 17.8 Å². The third-order valence-electron chi connectivity index (χ3n) is 6.90. The van der Waals surface area contributed by atoms with Gasteiger partial charge in [0.1, 0.15) is 11.9 Å². The second-order valence-electron chi connectivity index (χ2n) is 8.96. The van der Waals surface area contributed by atoms with Crippen LogP contribution in [0.15, 0.2) is 11.6 Å². The molecule has 0 saturated carbocycles. The Hall–Kier alpha value is -2.22. The third kappa shape index (κ3) is 3.55. The number of fused-ring (bicyclic) bond motifs is 1. The Morgan fingerprint density at radius 2 is 1.90 bits per heavy atom. The molecule has 8 heteroatoms. The van der Waals surface area contributed by atoms with Crippen molar-refractivity contribution in [2.45, 2.75) is 83.3 Å². The maximum absolute atomic E-state index is 13.3. The van der Waals surface area contributed by atoms with Crippen LogP contribution < -0.4 is 5.32 Å². The van der Waals surface area contributed by atoms with Crippen LogP contribution in [0.3, 0.4) is 0 Å². The Labute approximate surface area is 175 Å². The molecule has 3 saturated heterocycles. The highest BCUT2D eigenvalue weighted by Crippen LogP contribution is 2.49. The van der Waals surface area contributed by atoms with Gasteiger partial charge in [-0.2, -0.15) is 0 Å². The lowest BCUT2D eigenvalue weighted by Crippen LogP contribution is -2.45. The number of nitrogens with one attached hydrogen (secondary N) is 1. The van der Waals surface area contributed by atoms with Gasteiger partial charge in [0.05, 0.1) is 24.0 Å². The molecule has 7 atom stereocenters. The predicted molar refractivity (Wildman–Crippen MR) is 104 cm³/mol. The highest BCUT2D eigenvalue weighted by atomic mass is 16.7. The molecule has 1 N–H and O–H groups in total. The number of amides is 1. The molecule has 3 fully saturated rings. The number of ketones is 1. The number of esters is 2. The predicted octanol–water partition coefficient (Wildman–Crippen LogP) is 1.81. The van der Waals surface area contributed by atoms with Gasteiger partial charge < -0.3 is 19.5 Å². The summed E-state index contributed by atoms with van der Waals surface area (Å²) in [5, 5.41) is 2.95. The molecular weight excluding hydrogens is 390 g/mol. The van der Waals surface area contributed by atoms with Crippen LogP contribution >= 0.6 is 0 Å². The first-order chi connectivity index (χ1) is 14.2. The van der Waals surface area contributed by atoms with E-state index in [0.29, 0.717) is 31.3 Å². The zero-order chi connectivity index (χ0) is 21.6. The maximum atomic E-state index is 13.3. The molecule has 4 aliphatic heterocycles. The van der Waals surface area contributed by atoms with Gasteiger partial charge in [0.25, 0.3) is 0 Å². The fraction of sp³-hybridized carbons (Fsp3) is 0.727. The second kappa shape index (κ2) is 7.80. The summed E-state index contributed by atoms with van der Waals surface area (Å²) in [4.78, 5) is 49.8. The Morgan fingerprint density at radius 1 is 1.13 bits per heavy atom. The molecule has 0 aromatic carbocycles. The molecule has 4 rings (SSSR count). The number of Topliss-reactive ketones (excluding diaryl/α,β-unsaturated/α-hetero) is 1. The first kappa shape index (κ1) is 21.0.